The number of hydrogen-bond acceptors (Lipinski definition) is 2. The van der Waals surface area contributed by atoms with E-state index in [-0.39, 0.29) is 17.2 Å². The van der Waals surface area contributed by atoms with Crippen LogP contribution < -0.4 is 4.74 Å². The third-order valence-corrected chi connectivity index (χ3v) is 2.37. The van der Waals surface area contributed by atoms with E-state index in [1.165, 1.54) is 12.1 Å². The first-order valence-corrected chi connectivity index (χ1v) is 5.09. The lowest BCUT2D eigenvalue weighted by Crippen LogP contribution is -1.93. The topological polar surface area (TPSA) is 29.5 Å². The Labute approximate surface area is 101 Å². The maximum Gasteiger partial charge on any atom is 0.194 e. The molecule has 0 spiro atoms. The molecule has 0 saturated carbocycles. The van der Waals surface area contributed by atoms with E-state index in [0.29, 0.717) is 5.56 Å². The van der Waals surface area contributed by atoms with Gasteiger partial charge >= 0.3 is 0 Å². The van der Waals surface area contributed by atoms with Crippen LogP contribution in [0.5, 0.6) is 17.2 Å². The van der Waals surface area contributed by atoms with Gasteiger partial charge in [0.2, 0.25) is 0 Å². The number of halogens is 3. The lowest BCUT2D eigenvalue weighted by Gasteiger charge is -2.08. The Bertz CT molecular complexity index is 574. The number of ether oxygens (including phenoxy) is 1. The molecule has 18 heavy (non-hydrogen) atoms. The summed E-state index contributed by atoms with van der Waals surface area (Å²) in [5, 5.41) is 9.44. The Morgan fingerprint density at radius 1 is 0.944 bits per heavy atom. The molecule has 0 amide bonds. The second kappa shape index (κ2) is 4.60. The van der Waals surface area contributed by atoms with Crippen LogP contribution in [0.4, 0.5) is 13.2 Å². The smallest absolute Gasteiger partial charge is 0.194 e. The van der Waals surface area contributed by atoms with Gasteiger partial charge in [-0.25, -0.2) is 13.2 Å². The summed E-state index contributed by atoms with van der Waals surface area (Å²) in [6, 6.07) is 5.87. The fourth-order valence-electron chi connectivity index (χ4n) is 1.38. The van der Waals surface area contributed by atoms with E-state index >= 15 is 0 Å². The summed E-state index contributed by atoms with van der Waals surface area (Å²) in [5.41, 5.74) is 0.638. The second-order valence-electron chi connectivity index (χ2n) is 3.75. The van der Waals surface area contributed by atoms with Crippen molar-refractivity contribution in [1.82, 2.24) is 0 Å². The fourth-order valence-corrected chi connectivity index (χ4v) is 1.38. The van der Waals surface area contributed by atoms with Gasteiger partial charge in [0.25, 0.3) is 0 Å². The highest BCUT2D eigenvalue weighted by Gasteiger charge is 2.12. The average molecular weight is 254 g/mol. The third kappa shape index (κ3) is 2.40. The van der Waals surface area contributed by atoms with Crippen molar-refractivity contribution in [3.8, 4) is 17.2 Å². The summed E-state index contributed by atoms with van der Waals surface area (Å²) in [6.07, 6.45) is 0. The SMILES string of the molecule is Cc1ccc(Oc2cc(F)c(F)c(F)c2)cc1O. The molecule has 0 aliphatic carbocycles. The first-order valence-electron chi connectivity index (χ1n) is 5.09. The van der Waals surface area contributed by atoms with Crippen LogP contribution in [0.1, 0.15) is 5.56 Å². The van der Waals surface area contributed by atoms with Crippen molar-refractivity contribution in [2.75, 3.05) is 0 Å². The molecule has 94 valence electrons. The van der Waals surface area contributed by atoms with E-state index in [2.05, 4.69) is 0 Å². The molecule has 0 unspecified atom stereocenters. The molecule has 2 nitrogen and oxygen atoms in total. The molecule has 0 radical (unpaired) electrons. The third-order valence-electron chi connectivity index (χ3n) is 2.37. The Morgan fingerprint density at radius 3 is 2.11 bits per heavy atom. The minimum Gasteiger partial charge on any atom is -0.508 e. The molecular formula is C13H9F3O2. The standard InChI is InChI=1S/C13H9F3O2/c1-7-2-3-8(6-12(7)17)18-9-4-10(14)13(16)11(15)5-9/h2-6,17H,1H3. The maximum absolute atomic E-state index is 12.9. The highest BCUT2D eigenvalue weighted by molar-refractivity contribution is 5.41. The van der Waals surface area contributed by atoms with Crippen LogP contribution in [0.15, 0.2) is 30.3 Å². The Balaban J connectivity index is 2.31. The summed E-state index contributed by atoms with van der Waals surface area (Å²) < 4.78 is 43.7. The minimum absolute atomic E-state index is 0.00412. The van der Waals surface area contributed by atoms with Crippen molar-refractivity contribution in [2.45, 2.75) is 6.92 Å². The van der Waals surface area contributed by atoms with Crippen LogP contribution in [0.3, 0.4) is 0 Å². The summed E-state index contributed by atoms with van der Waals surface area (Å²) in [4.78, 5) is 0. The van der Waals surface area contributed by atoms with Gasteiger partial charge in [-0.05, 0) is 18.6 Å². The van der Waals surface area contributed by atoms with Crippen molar-refractivity contribution in [3.63, 3.8) is 0 Å². The van der Waals surface area contributed by atoms with Crippen LogP contribution in [0.25, 0.3) is 0 Å². The van der Waals surface area contributed by atoms with Gasteiger partial charge in [0, 0.05) is 18.2 Å². The number of hydrogen-bond donors (Lipinski definition) is 1. The van der Waals surface area contributed by atoms with Crippen molar-refractivity contribution in [1.29, 1.82) is 0 Å². The number of phenolic OH excluding ortho intramolecular Hbond substituents is 1. The largest absolute Gasteiger partial charge is 0.508 e. The number of phenols is 1. The van der Waals surface area contributed by atoms with Gasteiger partial charge in [-0.1, -0.05) is 6.07 Å². The van der Waals surface area contributed by atoms with Gasteiger partial charge in [-0.3, -0.25) is 0 Å². The van der Waals surface area contributed by atoms with Crippen LogP contribution in [-0.4, -0.2) is 5.11 Å². The van der Waals surface area contributed by atoms with E-state index < -0.39 is 17.5 Å². The molecule has 0 bridgehead atoms. The normalized spacial score (nSPS) is 10.4. The highest BCUT2D eigenvalue weighted by atomic mass is 19.2. The number of benzene rings is 2. The van der Waals surface area contributed by atoms with E-state index in [4.69, 9.17) is 4.74 Å². The zero-order valence-corrected chi connectivity index (χ0v) is 9.38. The minimum atomic E-state index is -1.55. The van der Waals surface area contributed by atoms with Crippen molar-refractivity contribution in [2.24, 2.45) is 0 Å². The lowest BCUT2D eigenvalue weighted by atomic mass is 10.2. The summed E-state index contributed by atoms with van der Waals surface area (Å²) in [7, 11) is 0. The van der Waals surface area contributed by atoms with E-state index in [0.717, 1.165) is 12.1 Å². The highest BCUT2D eigenvalue weighted by Crippen LogP contribution is 2.28. The van der Waals surface area contributed by atoms with Crippen molar-refractivity contribution in [3.05, 3.63) is 53.3 Å². The van der Waals surface area contributed by atoms with Gasteiger partial charge in [0.15, 0.2) is 17.5 Å². The fraction of sp³-hybridized carbons (Fsp3) is 0.0769. The number of aryl methyl sites for hydroxylation is 1. The van der Waals surface area contributed by atoms with E-state index in [9.17, 15) is 18.3 Å². The molecule has 0 aliphatic heterocycles. The molecule has 0 atom stereocenters. The average Bonchev–Trinajstić information content (AvgIpc) is 2.31. The van der Waals surface area contributed by atoms with Crippen LogP contribution in [0.2, 0.25) is 0 Å². The lowest BCUT2D eigenvalue weighted by molar-refractivity contribution is 0.420. The summed E-state index contributed by atoms with van der Waals surface area (Å²) in [5.74, 6) is -4.20. The van der Waals surface area contributed by atoms with Gasteiger partial charge in [0.05, 0.1) is 0 Å². The molecule has 2 rings (SSSR count). The predicted octanol–water partition coefficient (Wildman–Crippen LogP) is 3.91. The zero-order valence-electron chi connectivity index (χ0n) is 9.38. The zero-order chi connectivity index (χ0) is 13.3. The Hall–Kier alpha value is -2.17. The Kier molecular flexibility index (Phi) is 3.14. The molecule has 1 N–H and O–H groups in total. The number of aromatic hydroxyl groups is 1. The molecule has 0 aliphatic rings. The maximum atomic E-state index is 12.9. The van der Waals surface area contributed by atoms with Crippen LogP contribution in [0, 0.1) is 24.4 Å². The van der Waals surface area contributed by atoms with E-state index in [1.54, 1.807) is 13.0 Å². The summed E-state index contributed by atoms with van der Waals surface area (Å²) in [6.45, 7) is 1.69. The molecule has 2 aromatic carbocycles. The van der Waals surface area contributed by atoms with Crippen LogP contribution in [-0.2, 0) is 0 Å². The predicted molar refractivity (Wildman–Crippen MR) is 59.2 cm³/mol. The molecule has 0 fully saturated rings. The molecule has 0 aromatic heterocycles. The monoisotopic (exact) mass is 254 g/mol. The molecular weight excluding hydrogens is 245 g/mol. The molecule has 0 saturated heterocycles. The van der Waals surface area contributed by atoms with Gasteiger partial charge in [-0.15, -0.1) is 0 Å². The number of rotatable bonds is 2. The quantitative estimate of drug-likeness (QED) is 0.823. The molecule has 2 aromatic rings. The van der Waals surface area contributed by atoms with Crippen molar-refractivity contribution >= 4 is 0 Å². The second-order valence-corrected chi connectivity index (χ2v) is 3.75. The van der Waals surface area contributed by atoms with E-state index in [1.807, 2.05) is 0 Å². The van der Waals surface area contributed by atoms with Crippen molar-refractivity contribution < 1.29 is 23.0 Å². The molecule has 0 heterocycles. The van der Waals surface area contributed by atoms with Crippen LogP contribution >= 0.6 is 0 Å². The Morgan fingerprint density at radius 2 is 1.56 bits per heavy atom. The first-order chi connectivity index (χ1) is 8.47. The molecule has 5 heteroatoms. The summed E-state index contributed by atoms with van der Waals surface area (Å²) >= 11 is 0. The van der Waals surface area contributed by atoms with Gasteiger partial charge < -0.3 is 9.84 Å². The van der Waals surface area contributed by atoms with Gasteiger partial charge in [-0.2, -0.15) is 0 Å². The van der Waals surface area contributed by atoms with Gasteiger partial charge in [0.1, 0.15) is 17.2 Å². The first kappa shape index (κ1) is 12.3.